The van der Waals surface area contributed by atoms with E-state index in [2.05, 4.69) is 10.1 Å². The number of halogens is 1. The molecule has 4 rings (SSSR count). The van der Waals surface area contributed by atoms with Gasteiger partial charge in [0.05, 0.1) is 17.1 Å². The van der Waals surface area contributed by atoms with Gasteiger partial charge in [-0.05, 0) is 54.1 Å². The lowest BCUT2D eigenvalue weighted by Gasteiger charge is -2.09. The molecule has 0 saturated carbocycles. The maximum Gasteiger partial charge on any atom is 0.282 e. The number of para-hydroxylation sites is 1. The van der Waals surface area contributed by atoms with E-state index in [1.54, 1.807) is 54.6 Å². The van der Waals surface area contributed by atoms with Gasteiger partial charge in [0.2, 0.25) is 0 Å². The zero-order chi connectivity index (χ0) is 18.8. The number of nitrogens with zero attached hydrogens (tertiary/aromatic N) is 3. The standard InChI is InChI=1S/C21H14FN3O2/c22-16-10-8-15(9-11-16)20-24-19-7-2-1-6-18(19)21(27)25(20)23-13-14-4-3-5-17(26)12-14/h1-13,26H. The highest BCUT2D eigenvalue weighted by Crippen LogP contribution is 2.19. The lowest BCUT2D eigenvalue weighted by Crippen LogP contribution is -2.20. The van der Waals surface area contributed by atoms with Crippen molar-refractivity contribution in [1.29, 1.82) is 0 Å². The predicted molar refractivity (Wildman–Crippen MR) is 102 cm³/mol. The molecule has 0 bridgehead atoms. The molecular weight excluding hydrogens is 345 g/mol. The van der Waals surface area contributed by atoms with Crippen LogP contribution in [0.2, 0.25) is 0 Å². The summed E-state index contributed by atoms with van der Waals surface area (Å²) in [4.78, 5) is 17.5. The van der Waals surface area contributed by atoms with Crippen LogP contribution in [0.5, 0.6) is 5.75 Å². The number of rotatable bonds is 3. The first-order valence-corrected chi connectivity index (χ1v) is 8.23. The summed E-state index contributed by atoms with van der Waals surface area (Å²) < 4.78 is 14.5. The maximum absolute atomic E-state index is 13.3. The Balaban J connectivity index is 1.93. The van der Waals surface area contributed by atoms with Crippen molar-refractivity contribution >= 4 is 17.1 Å². The summed E-state index contributed by atoms with van der Waals surface area (Å²) in [7, 11) is 0. The molecule has 0 aliphatic heterocycles. The van der Waals surface area contributed by atoms with E-state index in [-0.39, 0.29) is 17.1 Å². The molecule has 0 spiro atoms. The molecule has 4 aromatic rings. The lowest BCUT2D eigenvalue weighted by molar-refractivity contribution is 0.475. The van der Waals surface area contributed by atoms with Gasteiger partial charge < -0.3 is 5.11 Å². The van der Waals surface area contributed by atoms with E-state index in [0.717, 1.165) is 0 Å². The van der Waals surface area contributed by atoms with E-state index >= 15 is 0 Å². The molecule has 0 unspecified atom stereocenters. The molecule has 6 heteroatoms. The zero-order valence-electron chi connectivity index (χ0n) is 14.1. The predicted octanol–water partition coefficient (Wildman–Crippen LogP) is 3.79. The second-order valence-corrected chi connectivity index (χ2v) is 5.92. The fourth-order valence-corrected chi connectivity index (χ4v) is 2.75. The zero-order valence-corrected chi connectivity index (χ0v) is 14.1. The first-order chi connectivity index (χ1) is 13.1. The molecule has 0 amide bonds. The quantitative estimate of drug-likeness (QED) is 0.566. The molecule has 3 aromatic carbocycles. The summed E-state index contributed by atoms with van der Waals surface area (Å²) in [5.41, 5.74) is 1.38. The van der Waals surface area contributed by atoms with Crippen molar-refractivity contribution in [2.45, 2.75) is 0 Å². The van der Waals surface area contributed by atoms with E-state index in [0.29, 0.717) is 27.9 Å². The average Bonchev–Trinajstić information content (AvgIpc) is 2.68. The highest BCUT2D eigenvalue weighted by Gasteiger charge is 2.12. The van der Waals surface area contributed by atoms with Crippen molar-refractivity contribution in [2.75, 3.05) is 0 Å². The van der Waals surface area contributed by atoms with E-state index in [1.807, 2.05) is 0 Å². The van der Waals surface area contributed by atoms with Crippen LogP contribution in [0.4, 0.5) is 4.39 Å². The van der Waals surface area contributed by atoms with Gasteiger partial charge in [-0.15, -0.1) is 0 Å². The molecular formula is C21H14FN3O2. The third-order valence-corrected chi connectivity index (χ3v) is 4.05. The minimum atomic E-state index is -0.378. The van der Waals surface area contributed by atoms with Crippen molar-refractivity contribution in [1.82, 2.24) is 9.66 Å². The SMILES string of the molecule is O=c1c2ccccc2nc(-c2ccc(F)cc2)n1N=Cc1cccc(O)c1. The Morgan fingerprint density at radius 3 is 2.56 bits per heavy atom. The number of hydrogen-bond donors (Lipinski definition) is 1. The Kier molecular flexibility index (Phi) is 4.22. The molecule has 1 aromatic heterocycles. The van der Waals surface area contributed by atoms with Crippen LogP contribution in [0.15, 0.2) is 82.7 Å². The Labute approximate surface area is 153 Å². The Morgan fingerprint density at radius 1 is 1.00 bits per heavy atom. The second kappa shape index (κ2) is 6.84. The molecule has 132 valence electrons. The molecule has 0 atom stereocenters. The first kappa shape index (κ1) is 16.7. The fraction of sp³-hybridized carbons (Fsp3) is 0. The highest BCUT2D eigenvalue weighted by molar-refractivity contribution is 5.82. The number of phenols is 1. The van der Waals surface area contributed by atoms with Gasteiger partial charge in [0.1, 0.15) is 11.6 Å². The van der Waals surface area contributed by atoms with Crippen LogP contribution in [0, 0.1) is 5.82 Å². The van der Waals surface area contributed by atoms with Crippen LogP contribution >= 0.6 is 0 Å². The van der Waals surface area contributed by atoms with Gasteiger partial charge in [-0.25, -0.2) is 9.37 Å². The van der Waals surface area contributed by atoms with Crippen LogP contribution < -0.4 is 5.56 Å². The number of aromatic nitrogens is 2. The number of fused-ring (bicyclic) bond motifs is 1. The molecule has 0 saturated heterocycles. The number of benzene rings is 3. The molecule has 27 heavy (non-hydrogen) atoms. The highest BCUT2D eigenvalue weighted by atomic mass is 19.1. The summed E-state index contributed by atoms with van der Waals surface area (Å²) in [5, 5.41) is 14.3. The third kappa shape index (κ3) is 3.32. The molecule has 0 aliphatic rings. The molecule has 0 fully saturated rings. The molecule has 0 aliphatic carbocycles. The lowest BCUT2D eigenvalue weighted by atomic mass is 10.2. The Morgan fingerprint density at radius 2 is 1.78 bits per heavy atom. The summed E-state index contributed by atoms with van der Waals surface area (Å²) in [6.07, 6.45) is 1.46. The van der Waals surface area contributed by atoms with Gasteiger partial charge in [0, 0.05) is 5.56 Å². The number of phenolic OH excluding ortho intramolecular Hbond substituents is 1. The first-order valence-electron chi connectivity index (χ1n) is 8.23. The number of hydrogen-bond acceptors (Lipinski definition) is 4. The van der Waals surface area contributed by atoms with E-state index in [4.69, 9.17) is 0 Å². The van der Waals surface area contributed by atoms with Crippen molar-refractivity contribution in [3.05, 3.63) is 94.5 Å². The topological polar surface area (TPSA) is 67.5 Å². The summed E-state index contributed by atoms with van der Waals surface area (Å²) >= 11 is 0. The fourth-order valence-electron chi connectivity index (χ4n) is 2.75. The van der Waals surface area contributed by atoms with Crippen LogP contribution in [-0.2, 0) is 0 Å². The van der Waals surface area contributed by atoms with E-state index < -0.39 is 0 Å². The van der Waals surface area contributed by atoms with Gasteiger partial charge in [0.15, 0.2) is 5.82 Å². The Bertz CT molecular complexity index is 1210. The maximum atomic E-state index is 13.3. The van der Waals surface area contributed by atoms with Gasteiger partial charge in [0.25, 0.3) is 5.56 Å². The summed E-state index contributed by atoms with van der Waals surface area (Å²) in [6.45, 7) is 0. The van der Waals surface area contributed by atoms with E-state index in [1.165, 1.54) is 29.1 Å². The monoisotopic (exact) mass is 359 g/mol. The van der Waals surface area contributed by atoms with E-state index in [9.17, 15) is 14.3 Å². The average molecular weight is 359 g/mol. The second-order valence-electron chi connectivity index (χ2n) is 5.92. The third-order valence-electron chi connectivity index (χ3n) is 4.05. The minimum absolute atomic E-state index is 0.0988. The largest absolute Gasteiger partial charge is 0.508 e. The van der Waals surface area contributed by atoms with Crippen LogP contribution in [-0.4, -0.2) is 21.0 Å². The normalized spacial score (nSPS) is 11.3. The van der Waals surface area contributed by atoms with Crippen LogP contribution in [0.3, 0.4) is 0 Å². The van der Waals surface area contributed by atoms with Crippen molar-refractivity contribution < 1.29 is 9.50 Å². The van der Waals surface area contributed by atoms with Gasteiger partial charge >= 0.3 is 0 Å². The smallest absolute Gasteiger partial charge is 0.282 e. The minimum Gasteiger partial charge on any atom is -0.508 e. The Hall–Kier alpha value is -3.80. The molecule has 0 radical (unpaired) electrons. The van der Waals surface area contributed by atoms with Crippen molar-refractivity contribution in [3.63, 3.8) is 0 Å². The summed E-state index contributed by atoms with van der Waals surface area (Å²) in [6, 6.07) is 19.2. The molecule has 1 heterocycles. The number of aromatic hydroxyl groups is 1. The molecule has 5 nitrogen and oxygen atoms in total. The van der Waals surface area contributed by atoms with Gasteiger partial charge in [-0.2, -0.15) is 9.78 Å². The van der Waals surface area contributed by atoms with Crippen molar-refractivity contribution in [3.8, 4) is 17.1 Å². The molecule has 1 N–H and O–H groups in total. The van der Waals surface area contributed by atoms with Gasteiger partial charge in [-0.1, -0.05) is 24.3 Å². The van der Waals surface area contributed by atoms with Crippen LogP contribution in [0.25, 0.3) is 22.3 Å². The van der Waals surface area contributed by atoms with Crippen molar-refractivity contribution in [2.24, 2.45) is 5.10 Å². The van der Waals surface area contributed by atoms with Crippen LogP contribution in [0.1, 0.15) is 5.56 Å². The van der Waals surface area contributed by atoms with Gasteiger partial charge in [-0.3, -0.25) is 4.79 Å². The summed E-state index contributed by atoms with van der Waals surface area (Å²) in [5.74, 6) is 0.0218.